The van der Waals surface area contributed by atoms with Gasteiger partial charge in [-0.3, -0.25) is 4.79 Å². The molecule has 35 heavy (non-hydrogen) atoms. The average molecular weight is 681 g/mol. The molecule has 0 atom stereocenters. The standard InChI is InChI=1S/C23H17N4O.C6H5.U/c1-2-21(28)27-17-10-6-9-16(11-17)19-12-18(15-7-4-3-5-8-15)22(24)20-13-25-14-26-23(19)20;1-2-4-6-5-3-1;/h2,4-14H,1,24H2,(H,27,28);1-5H;/q2*-1;+2. The van der Waals surface area contributed by atoms with Gasteiger partial charge in [0, 0.05) is 28.5 Å². The molecule has 0 spiro atoms. The van der Waals surface area contributed by atoms with Crippen LogP contribution in [0.3, 0.4) is 0 Å². The number of carbonyl (C=O) groups excluding carboxylic acids is 1. The monoisotopic (exact) mass is 680 g/mol. The minimum Gasteiger partial charge on any atom is -0.398 e. The van der Waals surface area contributed by atoms with Gasteiger partial charge in [-0.05, 0) is 35.4 Å². The van der Waals surface area contributed by atoms with Gasteiger partial charge in [0.2, 0.25) is 5.91 Å². The fourth-order valence-corrected chi connectivity index (χ4v) is 3.50. The average Bonchev–Trinajstić information content (AvgIpc) is 2.91. The minimum atomic E-state index is -0.261. The fraction of sp³-hybridized carbons (Fsp3) is 0. The summed E-state index contributed by atoms with van der Waals surface area (Å²) < 4.78 is 0. The van der Waals surface area contributed by atoms with Gasteiger partial charge in [-0.2, -0.15) is 66.7 Å². The zero-order valence-corrected chi connectivity index (χ0v) is 23.1. The number of nitrogens with one attached hydrogen (secondary N) is 1. The summed E-state index contributed by atoms with van der Waals surface area (Å²) in [6, 6.07) is 32.8. The van der Waals surface area contributed by atoms with Crippen molar-refractivity contribution in [1.29, 1.82) is 0 Å². The van der Waals surface area contributed by atoms with Crippen LogP contribution in [0.2, 0.25) is 0 Å². The van der Waals surface area contributed by atoms with Crippen LogP contribution in [0.15, 0.2) is 110 Å². The maximum atomic E-state index is 11.7. The molecule has 0 unspecified atom stereocenters. The number of aromatic nitrogens is 2. The van der Waals surface area contributed by atoms with Gasteiger partial charge in [0.05, 0.1) is 5.52 Å². The number of benzene rings is 4. The molecule has 1 heterocycles. The third kappa shape index (κ3) is 6.45. The quantitative estimate of drug-likeness (QED) is 0.140. The maximum absolute atomic E-state index is 11.7. The first-order valence-corrected chi connectivity index (χ1v) is 10.6. The Bertz CT molecular complexity index is 1400. The minimum absolute atomic E-state index is 0. The van der Waals surface area contributed by atoms with Crippen LogP contribution in [0.25, 0.3) is 33.2 Å². The topological polar surface area (TPSA) is 80.9 Å². The zero-order valence-electron chi connectivity index (χ0n) is 18.9. The van der Waals surface area contributed by atoms with Crippen LogP contribution in [-0.4, -0.2) is 15.9 Å². The molecule has 0 radical (unpaired) electrons. The second kappa shape index (κ2) is 12.7. The van der Waals surface area contributed by atoms with Gasteiger partial charge >= 0.3 is 31.1 Å². The molecule has 0 saturated heterocycles. The van der Waals surface area contributed by atoms with E-state index in [0.29, 0.717) is 11.4 Å². The SMILES string of the molecule is C=CC(=O)Nc1cccc(-c2cc(-c3cc[c-]cc3)c(N)c3cncnc23)c1.[U+2].[c-]1ccccc1. The Labute approximate surface area is 228 Å². The Morgan fingerprint density at radius 3 is 2.31 bits per heavy atom. The van der Waals surface area contributed by atoms with Crippen LogP contribution in [-0.2, 0) is 4.79 Å². The van der Waals surface area contributed by atoms with Crippen LogP contribution >= 0.6 is 0 Å². The summed E-state index contributed by atoms with van der Waals surface area (Å²) in [4.78, 5) is 20.3. The number of carbonyl (C=O) groups is 1. The molecule has 1 aromatic heterocycles. The first-order valence-electron chi connectivity index (χ1n) is 10.6. The van der Waals surface area contributed by atoms with Crippen LogP contribution in [0, 0.1) is 43.2 Å². The molecule has 0 aliphatic carbocycles. The number of hydrogen-bond acceptors (Lipinski definition) is 4. The van der Waals surface area contributed by atoms with Crippen molar-refractivity contribution in [3.8, 4) is 22.3 Å². The Hall–Kier alpha value is -3.72. The summed E-state index contributed by atoms with van der Waals surface area (Å²) in [6.45, 7) is 3.49. The molecule has 1 amide bonds. The third-order valence-corrected chi connectivity index (χ3v) is 5.10. The molecule has 4 aromatic carbocycles. The van der Waals surface area contributed by atoms with Gasteiger partial charge in [-0.1, -0.05) is 18.7 Å². The summed E-state index contributed by atoms with van der Waals surface area (Å²) in [6.07, 6.45) is 4.47. The largest absolute Gasteiger partial charge is 2.00 e. The van der Waals surface area contributed by atoms with Crippen molar-refractivity contribution in [2.75, 3.05) is 11.1 Å². The second-order valence-corrected chi connectivity index (χ2v) is 7.31. The summed E-state index contributed by atoms with van der Waals surface area (Å²) in [5.74, 6) is -0.261. The smallest absolute Gasteiger partial charge is 0.398 e. The van der Waals surface area contributed by atoms with Crippen molar-refractivity contribution in [3.05, 3.63) is 122 Å². The van der Waals surface area contributed by atoms with E-state index in [-0.39, 0.29) is 37.0 Å². The Morgan fingerprint density at radius 1 is 0.914 bits per heavy atom. The summed E-state index contributed by atoms with van der Waals surface area (Å²) in [5.41, 5.74) is 12.2. The molecule has 5 rings (SSSR count). The number of nitrogens with two attached hydrogens (primary N) is 1. The number of anilines is 2. The summed E-state index contributed by atoms with van der Waals surface area (Å²) in [5, 5.41) is 3.57. The van der Waals surface area contributed by atoms with E-state index in [9.17, 15) is 4.79 Å². The molecule has 168 valence electrons. The van der Waals surface area contributed by atoms with Crippen LogP contribution < -0.4 is 11.1 Å². The second-order valence-electron chi connectivity index (χ2n) is 7.31. The van der Waals surface area contributed by atoms with Gasteiger partial charge in [-0.25, -0.2) is 9.97 Å². The molecule has 5 nitrogen and oxygen atoms in total. The molecule has 0 aliphatic rings. The van der Waals surface area contributed by atoms with Crippen molar-refractivity contribution in [1.82, 2.24) is 9.97 Å². The third-order valence-electron chi connectivity index (χ3n) is 5.10. The Kier molecular flexibility index (Phi) is 9.37. The van der Waals surface area contributed by atoms with Crippen LogP contribution in [0.1, 0.15) is 0 Å². The van der Waals surface area contributed by atoms with E-state index in [1.807, 2.05) is 84.9 Å². The first kappa shape index (κ1) is 25.9. The van der Waals surface area contributed by atoms with E-state index < -0.39 is 0 Å². The van der Waals surface area contributed by atoms with Crippen LogP contribution in [0.4, 0.5) is 11.4 Å². The molecular weight excluding hydrogens is 658 g/mol. The summed E-state index contributed by atoms with van der Waals surface area (Å²) >= 11 is 0. The zero-order chi connectivity index (χ0) is 23.8. The summed E-state index contributed by atoms with van der Waals surface area (Å²) in [7, 11) is 0. The number of fused-ring (bicyclic) bond motifs is 1. The molecule has 0 fully saturated rings. The predicted octanol–water partition coefficient (Wildman–Crippen LogP) is 5.96. The predicted molar refractivity (Wildman–Crippen MR) is 138 cm³/mol. The van der Waals surface area contributed by atoms with Gasteiger partial charge in [0.15, 0.2) is 0 Å². The van der Waals surface area contributed by atoms with Gasteiger partial charge in [0.1, 0.15) is 6.33 Å². The van der Waals surface area contributed by atoms with Gasteiger partial charge in [-0.15, -0.1) is 5.56 Å². The molecule has 3 N–H and O–H groups in total. The van der Waals surface area contributed by atoms with Gasteiger partial charge in [0.25, 0.3) is 0 Å². The number of nitrogens with zero attached hydrogens (tertiary/aromatic N) is 2. The van der Waals surface area contributed by atoms with E-state index in [4.69, 9.17) is 5.73 Å². The van der Waals surface area contributed by atoms with E-state index in [1.54, 1.807) is 6.20 Å². The van der Waals surface area contributed by atoms with Crippen LogP contribution in [0.5, 0.6) is 0 Å². The van der Waals surface area contributed by atoms with Crippen molar-refractivity contribution in [2.45, 2.75) is 0 Å². The molecule has 0 saturated carbocycles. The number of rotatable bonds is 4. The maximum Gasteiger partial charge on any atom is 2.00 e. The van der Waals surface area contributed by atoms with E-state index in [0.717, 1.165) is 33.2 Å². The molecular formula is C29H22N4OU. The first-order chi connectivity index (χ1) is 16.7. The van der Waals surface area contributed by atoms with Crippen molar-refractivity contribution in [2.24, 2.45) is 0 Å². The van der Waals surface area contributed by atoms with Crippen molar-refractivity contribution >= 4 is 28.2 Å². The molecule has 5 aromatic rings. The van der Waals surface area contributed by atoms with Crippen molar-refractivity contribution < 1.29 is 35.9 Å². The van der Waals surface area contributed by atoms with E-state index in [1.165, 1.54) is 12.4 Å². The fourth-order valence-electron chi connectivity index (χ4n) is 3.50. The van der Waals surface area contributed by atoms with Crippen molar-refractivity contribution in [3.63, 3.8) is 0 Å². The normalized spacial score (nSPS) is 9.83. The number of nitrogen functional groups attached to an aromatic ring is 1. The van der Waals surface area contributed by atoms with E-state index >= 15 is 0 Å². The molecule has 0 bridgehead atoms. The van der Waals surface area contributed by atoms with Gasteiger partial charge < -0.3 is 11.1 Å². The Morgan fingerprint density at radius 2 is 1.66 bits per heavy atom. The van der Waals surface area contributed by atoms with E-state index in [2.05, 4.69) is 34.0 Å². The molecule has 0 aliphatic heterocycles. The number of hydrogen-bond donors (Lipinski definition) is 2. The Balaban J connectivity index is 0.000000429. The number of amides is 1. The molecule has 6 heteroatoms.